The van der Waals surface area contributed by atoms with Crippen LogP contribution in [0.5, 0.6) is 0 Å². The van der Waals surface area contributed by atoms with Gasteiger partial charge >= 0.3 is 6.18 Å². The molecule has 6 nitrogen and oxygen atoms in total. The van der Waals surface area contributed by atoms with Gasteiger partial charge in [0.1, 0.15) is 11.3 Å². The summed E-state index contributed by atoms with van der Waals surface area (Å²) in [5.74, 6) is 0.0897. The zero-order valence-electron chi connectivity index (χ0n) is 16.6. The van der Waals surface area contributed by atoms with Crippen LogP contribution in [0.4, 0.5) is 19.1 Å². The van der Waals surface area contributed by atoms with Gasteiger partial charge in [-0.1, -0.05) is 5.16 Å². The van der Waals surface area contributed by atoms with E-state index in [-0.39, 0.29) is 30.3 Å². The van der Waals surface area contributed by atoms with Crippen LogP contribution in [0, 0.1) is 0 Å². The van der Waals surface area contributed by atoms with E-state index in [0.717, 1.165) is 32.1 Å². The van der Waals surface area contributed by atoms with Crippen LogP contribution in [0.2, 0.25) is 0 Å². The summed E-state index contributed by atoms with van der Waals surface area (Å²) in [6, 6.07) is 1.65. The van der Waals surface area contributed by atoms with Crippen molar-refractivity contribution in [2.24, 2.45) is 0 Å². The minimum absolute atomic E-state index is 0.0274. The first-order valence-corrected chi connectivity index (χ1v) is 10.9. The number of ether oxygens (including phenoxy) is 2. The van der Waals surface area contributed by atoms with E-state index in [2.05, 4.69) is 10.5 Å². The lowest BCUT2D eigenvalue weighted by molar-refractivity contribution is -0.201. The molecular weight excluding hydrogens is 409 g/mol. The number of thioether (sulfide) groups is 1. The van der Waals surface area contributed by atoms with Crippen LogP contribution in [-0.2, 0) is 19.9 Å². The highest BCUT2D eigenvalue weighted by atomic mass is 32.2. The lowest BCUT2D eigenvalue weighted by Crippen LogP contribution is -2.34. The summed E-state index contributed by atoms with van der Waals surface area (Å²) in [6.45, 7) is 4.03. The Kier molecular flexibility index (Phi) is 6.84. The van der Waals surface area contributed by atoms with Gasteiger partial charge in [-0.15, -0.1) is 11.8 Å². The highest BCUT2D eigenvalue weighted by Gasteiger charge is 2.50. The van der Waals surface area contributed by atoms with Gasteiger partial charge in [-0.3, -0.25) is 10.1 Å². The molecule has 1 aromatic heterocycles. The number of carbonyl (C=O) groups excluding carboxylic acids is 1. The third kappa shape index (κ3) is 6.36. The third-order valence-corrected chi connectivity index (χ3v) is 6.43. The molecule has 0 bridgehead atoms. The van der Waals surface area contributed by atoms with Gasteiger partial charge < -0.3 is 14.0 Å². The lowest BCUT2D eigenvalue weighted by Gasteiger charge is -2.26. The standard InChI is InChI=1S/C19H27F3N2O4S/c1-17(2,29-11-5-7-19(20,21)22)16(25)23-14-12-13(24-28-14)18(8-9-18)27-15-6-3-4-10-26-15/h12,15H,3-11H2,1-2H3,(H,23,25). The number of nitrogens with one attached hydrogen (secondary N) is 1. The van der Waals surface area contributed by atoms with Crippen molar-refractivity contribution in [1.82, 2.24) is 5.16 Å². The molecule has 1 N–H and O–H groups in total. The molecule has 29 heavy (non-hydrogen) atoms. The summed E-state index contributed by atoms with van der Waals surface area (Å²) < 4.78 is 52.8. The van der Waals surface area contributed by atoms with Crippen LogP contribution in [-0.4, -0.2) is 40.6 Å². The number of hydrogen-bond donors (Lipinski definition) is 1. The summed E-state index contributed by atoms with van der Waals surface area (Å²) in [6.07, 6.45) is -0.715. The summed E-state index contributed by atoms with van der Waals surface area (Å²) in [5, 5.41) is 6.72. The number of hydrogen-bond acceptors (Lipinski definition) is 6. The number of nitrogens with zero attached hydrogens (tertiary/aromatic N) is 1. The Morgan fingerprint density at radius 2 is 2.14 bits per heavy atom. The minimum Gasteiger partial charge on any atom is -0.353 e. The maximum atomic E-state index is 12.5. The molecule has 1 aromatic rings. The van der Waals surface area contributed by atoms with E-state index < -0.39 is 22.9 Å². The molecule has 2 aliphatic rings. The maximum Gasteiger partial charge on any atom is 0.389 e. The fraction of sp³-hybridized carbons (Fsp3) is 0.789. The first kappa shape index (κ1) is 22.4. The zero-order valence-corrected chi connectivity index (χ0v) is 17.5. The van der Waals surface area contributed by atoms with E-state index in [1.807, 2.05) is 0 Å². The van der Waals surface area contributed by atoms with Crippen LogP contribution in [0.15, 0.2) is 10.6 Å². The van der Waals surface area contributed by atoms with Gasteiger partial charge in [0.2, 0.25) is 11.8 Å². The van der Waals surface area contributed by atoms with Gasteiger partial charge in [-0.2, -0.15) is 13.2 Å². The molecule has 1 saturated carbocycles. The number of anilines is 1. The molecule has 1 saturated heterocycles. The van der Waals surface area contributed by atoms with Crippen molar-refractivity contribution in [2.45, 2.75) is 81.6 Å². The number of alkyl halides is 3. The van der Waals surface area contributed by atoms with Gasteiger partial charge in [-0.05, 0) is 58.1 Å². The van der Waals surface area contributed by atoms with Crippen molar-refractivity contribution in [3.63, 3.8) is 0 Å². The van der Waals surface area contributed by atoms with Crippen LogP contribution >= 0.6 is 11.8 Å². The van der Waals surface area contributed by atoms with Crippen molar-refractivity contribution in [1.29, 1.82) is 0 Å². The summed E-state index contributed by atoms with van der Waals surface area (Å²) in [4.78, 5) is 12.5. The molecule has 0 spiro atoms. The molecule has 0 radical (unpaired) electrons. The largest absolute Gasteiger partial charge is 0.389 e. The minimum atomic E-state index is -4.17. The van der Waals surface area contributed by atoms with Crippen molar-refractivity contribution in [3.8, 4) is 0 Å². The highest BCUT2D eigenvalue weighted by Crippen LogP contribution is 2.50. The predicted molar refractivity (Wildman–Crippen MR) is 103 cm³/mol. The Hall–Kier alpha value is -1.26. The quantitative estimate of drug-likeness (QED) is 0.549. The maximum absolute atomic E-state index is 12.5. The second kappa shape index (κ2) is 8.85. The monoisotopic (exact) mass is 436 g/mol. The number of carbonyl (C=O) groups is 1. The molecule has 1 atom stereocenters. The summed E-state index contributed by atoms with van der Waals surface area (Å²) in [5.41, 5.74) is 0.105. The number of halogens is 3. The Morgan fingerprint density at radius 1 is 1.38 bits per heavy atom. The molecule has 1 aliphatic heterocycles. The van der Waals surface area contributed by atoms with Crippen LogP contribution < -0.4 is 5.32 Å². The van der Waals surface area contributed by atoms with E-state index >= 15 is 0 Å². The van der Waals surface area contributed by atoms with Gasteiger partial charge in [0.05, 0.1) is 4.75 Å². The van der Waals surface area contributed by atoms with Crippen molar-refractivity contribution in [2.75, 3.05) is 17.7 Å². The highest BCUT2D eigenvalue weighted by molar-refractivity contribution is 8.01. The Bertz CT molecular complexity index is 698. The van der Waals surface area contributed by atoms with Crippen molar-refractivity contribution < 1.29 is 32.0 Å². The smallest absolute Gasteiger partial charge is 0.353 e. The number of aromatic nitrogens is 1. The van der Waals surface area contributed by atoms with Gasteiger partial charge in [-0.25, -0.2) is 0 Å². The molecule has 1 unspecified atom stereocenters. The Labute approximate surface area is 172 Å². The van der Waals surface area contributed by atoms with Crippen molar-refractivity contribution >= 4 is 23.6 Å². The second-order valence-corrected chi connectivity index (χ2v) is 9.73. The average Bonchev–Trinajstić information content (AvgIpc) is 3.27. The Morgan fingerprint density at radius 3 is 2.76 bits per heavy atom. The first-order valence-electron chi connectivity index (χ1n) is 9.88. The summed E-state index contributed by atoms with van der Waals surface area (Å²) >= 11 is 1.18. The average molecular weight is 436 g/mol. The Balaban J connectivity index is 1.50. The molecule has 2 heterocycles. The van der Waals surface area contributed by atoms with E-state index in [9.17, 15) is 18.0 Å². The topological polar surface area (TPSA) is 73.6 Å². The molecule has 3 rings (SSSR count). The van der Waals surface area contributed by atoms with Crippen LogP contribution in [0.3, 0.4) is 0 Å². The first-order chi connectivity index (χ1) is 13.6. The number of rotatable bonds is 9. The SMILES string of the molecule is CC(C)(SCCCC(F)(F)F)C(=O)Nc1cc(C2(OC3CCCCO3)CC2)no1. The molecule has 1 amide bonds. The molecule has 10 heteroatoms. The van der Waals surface area contributed by atoms with E-state index in [0.29, 0.717) is 12.3 Å². The van der Waals surface area contributed by atoms with E-state index in [1.165, 1.54) is 11.8 Å². The number of amides is 1. The normalized spacial score (nSPS) is 21.8. The molecule has 0 aromatic carbocycles. The molecule has 2 fully saturated rings. The third-order valence-electron chi connectivity index (χ3n) is 5.03. The van der Waals surface area contributed by atoms with Crippen molar-refractivity contribution in [3.05, 3.63) is 11.8 Å². The molecule has 1 aliphatic carbocycles. The van der Waals surface area contributed by atoms with Crippen LogP contribution in [0.25, 0.3) is 0 Å². The van der Waals surface area contributed by atoms with Gasteiger partial charge in [0, 0.05) is 19.1 Å². The van der Waals surface area contributed by atoms with E-state index in [4.69, 9.17) is 14.0 Å². The van der Waals surface area contributed by atoms with Gasteiger partial charge in [0.25, 0.3) is 0 Å². The second-order valence-electron chi connectivity index (χ2n) is 8.02. The molecule has 164 valence electrons. The van der Waals surface area contributed by atoms with Gasteiger partial charge in [0.15, 0.2) is 6.29 Å². The molecular formula is C19H27F3N2O4S. The lowest BCUT2D eigenvalue weighted by atomic mass is 10.2. The predicted octanol–water partition coefficient (Wildman–Crippen LogP) is 5.00. The zero-order chi connectivity index (χ0) is 21.1. The summed E-state index contributed by atoms with van der Waals surface area (Å²) in [7, 11) is 0. The fourth-order valence-corrected chi connectivity index (χ4v) is 4.06. The van der Waals surface area contributed by atoms with Crippen LogP contribution in [0.1, 0.15) is 64.5 Å². The fourth-order valence-electron chi connectivity index (χ4n) is 3.08. The van der Waals surface area contributed by atoms with E-state index in [1.54, 1.807) is 19.9 Å².